The number of hydrogen-bond donors (Lipinski definition) is 3. The van der Waals surface area contributed by atoms with Gasteiger partial charge in [-0.25, -0.2) is 13.8 Å². The van der Waals surface area contributed by atoms with E-state index < -0.39 is 42.5 Å². The second-order valence-electron chi connectivity index (χ2n) is 13.3. The molecule has 2 aromatic heterocycles. The molecule has 2 heterocycles. The summed E-state index contributed by atoms with van der Waals surface area (Å²) in [6.45, 7) is 10.8. The Balaban J connectivity index is 1.67. The first-order chi connectivity index (χ1) is 20.5. The lowest BCUT2D eigenvalue weighted by atomic mass is 9.64. The van der Waals surface area contributed by atoms with Crippen LogP contribution in [0, 0.1) is 17.0 Å². The maximum Gasteiger partial charge on any atom is 0.398 e. The molecule has 7 nitrogen and oxygen atoms in total. The number of anilines is 1. The van der Waals surface area contributed by atoms with E-state index in [0.717, 1.165) is 18.2 Å². The Bertz CT molecular complexity index is 1480. The molecule has 1 aliphatic carbocycles. The summed E-state index contributed by atoms with van der Waals surface area (Å²) in [4.78, 5) is 4.33. The van der Waals surface area contributed by atoms with Gasteiger partial charge in [0.05, 0.1) is 10.8 Å². The van der Waals surface area contributed by atoms with Crippen molar-refractivity contribution in [3.05, 3.63) is 47.8 Å². The fourth-order valence-corrected chi connectivity index (χ4v) is 5.85. The maximum atomic E-state index is 15.3. The summed E-state index contributed by atoms with van der Waals surface area (Å²) in [5, 5.41) is 15.1. The number of aliphatic hydroxyl groups is 1. The van der Waals surface area contributed by atoms with Crippen molar-refractivity contribution in [2.24, 2.45) is 5.41 Å². The molecule has 0 unspecified atom stereocenters. The van der Waals surface area contributed by atoms with Crippen LogP contribution in [0.3, 0.4) is 0 Å². The fourth-order valence-electron chi connectivity index (χ4n) is 4.90. The number of aliphatic hydroxyl groups excluding tert-OH is 1. The van der Waals surface area contributed by atoms with Gasteiger partial charge in [-0.3, -0.25) is 0 Å². The first-order valence-corrected chi connectivity index (χ1v) is 18.5. The number of halogens is 5. The van der Waals surface area contributed by atoms with Gasteiger partial charge in [-0.1, -0.05) is 39.9 Å². The number of nitrogens with zero attached hydrogens (tertiary/aromatic N) is 2. The number of thiocarbonyl (C=S) groups is 1. The summed E-state index contributed by atoms with van der Waals surface area (Å²) >= 11 is 5.19. The van der Waals surface area contributed by atoms with E-state index in [1.165, 1.54) is 23.0 Å². The van der Waals surface area contributed by atoms with Crippen LogP contribution in [0.4, 0.5) is 27.6 Å². The van der Waals surface area contributed by atoms with Gasteiger partial charge in [0, 0.05) is 63.5 Å². The lowest BCUT2D eigenvalue weighted by Crippen LogP contribution is -2.47. The summed E-state index contributed by atoms with van der Waals surface area (Å²) in [6.07, 6.45) is -1.69. The lowest BCUT2D eigenvalue weighted by Gasteiger charge is -2.43. The molecule has 4 rings (SSSR count). The van der Waals surface area contributed by atoms with Crippen molar-refractivity contribution < 1.29 is 36.5 Å². The number of alkyl halides is 3. The summed E-state index contributed by atoms with van der Waals surface area (Å²) in [6, 6.07) is 4.13. The second kappa shape index (κ2) is 12.9. The summed E-state index contributed by atoms with van der Waals surface area (Å²) < 4.78 is 87.2. The summed E-state index contributed by atoms with van der Waals surface area (Å²) in [5.74, 6) is -3.09. The van der Waals surface area contributed by atoms with Crippen LogP contribution >= 0.6 is 12.2 Å². The SMILES string of the molecule is CC(C)(CO)CNC(=S)Nc1cc(F)c(Oc2ccnc3c2c(C2(C(F)(F)F)CCC2)cn3COCC[Si](C)(C)C)c(F)c1. The maximum absolute atomic E-state index is 15.3. The normalized spacial score (nSPS) is 15.2. The fraction of sp³-hybridized carbons (Fsp3) is 0.533. The highest BCUT2D eigenvalue weighted by atomic mass is 32.1. The minimum Gasteiger partial charge on any atom is -0.450 e. The van der Waals surface area contributed by atoms with Crippen molar-refractivity contribution >= 4 is 42.1 Å². The monoisotopic (exact) mass is 658 g/mol. The van der Waals surface area contributed by atoms with E-state index >= 15 is 8.78 Å². The molecule has 14 heteroatoms. The van der Waals surface area contributed by atoms with Gasteiger partial charge >= 0.3 is 6.18 Å². The van der Waals surface area contributed by atoms with Gasteiger partial charge in [-0.2, -0.15) is 13.2 Å². The smallest absolute Gasteiger partial charge is 0.398 e. The van der Waals surface area contributed by atoms with Crippen molar-refractivity contribution in [1.82, 2.24) is 14.9 Å². The van der Waals surface area contributed by atoms with Crippen LogP contribution in [0.2, 0.25) is 25.7 Å². The highest BCUT2D eigenvalue weighted by Gasteiger charge is 2.60. The van der Waals surface area contributed by atoms with Crippen molar-refractivity contribution in [1.29, 1.82) is 0 Å². The minimum atomic E-state index is -4.56. The van der Waals surface area contributed by atoms with Crippen LogP contribution in [0.5, 0.6) is 11.5 Å². The molecule has 0 radical (unpaired) electrons. The van der Waals surface area contributed by atoms with Crippen LogP contribution in [-0.4, -0.2) is 53.8 Å². The molecule has 1 aromatic carbocycles. The topological polar surface area (TPSA) is 80.6 Å². The molecule has 0 aliphatic heterocycles. The molecule has 1 aliphatic rings. The molecule has 0 bridgehead atoms. The molecular formula is C30H39F5N4O3SSi. The zero-order chi connectivity index (χ0) is 32.5. The number of fused-ring (bicyclic) bond motifs is 1. The van der Waals surface area contributed by atoms with Crippen molar-refractivity contribution in [3.8, 4) is 11.5 Å². The average Bonchev–Trinajstić information content (AvgIpc) is 3.25. The number of benzene rings is 1. The van der Waals surface area contributed by atoms with E-state index in [2.05, 4.69) is 35.3 Å². The van der Waals surface area contributed by atoms with E-state index in [0.29, 0.717) is 19.6 Å². The Morgan fingerprint density at radius 3 is 2.36 bits per heavy atom. The van der Waals surface area contributed by atoms with E-state index in [4.69, 9.17) is 21.7 Å². The molecule has 0 saturated heterocycles. The van der Waals surface area contributed by atoms with Gasteiger partial charge in [-0.15, -0.1) is 0 Å². The average molecular weight is 659 g/mol. The van der Waals surface area contributed by atoms with Gasteiger partial charge in [-0.05, 0) is 42.7 Å². The van der Waals surface area contributed by atoms with Crippen LogP contribution in [0.15, 0.2) is 30.6 Å². The predicted octanol–water partition coefficient (Wildman–Crippen LogP) is 7.71. The van der Waals surface area contributed by atoms with Gasteiger partial charge < -0.3 is 29.8 Å². The largest absolute Gasteiger partial charge is 0.450 e. The highest BCUT2D eigenvalue weighted by molar-refractivity contribution is 7.80. The Morgan fingerprint density at radius 2 is 1.82 bits per heavy atom. The third-order valence-electron chi connectivity index (χ3n) is 7.83. The van der Waals surface area contributed by atoms with Gasteiger partial charge in [0.25, 0.3) is 0 Å². The molecular weight excluding hydrogens is 619 g/mol. The molecule has 3 aromatic rings. The second-order valence-corrected chi connectivity index (χ2v) is 19.3. The van der Waals surface area contributed by atoms with Gasteiger partial charge in [0.15, 0.2) is 22.5 Å². The third kappa shape index (κ3) is 7.52. The Kier molecular flexibility index (Phi) is 9.98. The van der Waals surface area contributed by atoms with Crippen LogP contribution in [-0.2, 0) is 16.9 Å². The Labute approximate surface area is 260 Å². The number of aromatic nitrogens is 2. The molecule has 44 heavy (non-hydrogen) atoms. The number of pyridine rings is 1. The molecule has 1 fully saturated rings. The number of hydrogen-bond acceptors (Lipinski definition) is 5. The number of nitrogens with one attached hydrogen (secondary N) is 2. The predicted molar refractivity (Wildman–Crippen MR) is 167 cm³/mol. The third-order valence-corrected chi connectivity index (χ3v) is 9.79. The standard InChI is InChI=1S/C30H39F5N4O3SSi/c1-28(2,17-40)16-37-27(43)38-19-13-21(31)25(22(32)14-19)42-23-7-10-36-26-24(23)20(29(8-6-9-29)30(33,34)35)15-39(26)18-41-11-12-44(3,4)5/h7,10,13-15,40H,6,8-9,11-12,16-18H2,1-5H3,(H2,37,38,43). The molecule has 0 spiro atoms. The van der Waals surface area contributed by atoms with Crippen LogP contribution < -0.4 is 15.4 Å². The minimum absolute atomic E-state index is 0.000619. The summed E-state index contributed by atoms with van der Waals surface area (Å²) in [7, 11) is -1.40. The first-order valence-electron chi connectivity index (χ1n) is 14.4. The number of ether oxygens (including phenoxy) is 2. The lowest BCUT2D eigenvalue weighted by molar-refractivity contribution is -0.212. The van der Waals surface area contributed by atoms with E-state index in [-0.39, 0.29) is 59.3 Å². The quantitative estimate of drug-likeness (QED) is 0.0797. The van der Waals surface area contributed by atoms with Crippen molar-refractivity contribution in [2.45, 2.75) is 77.1 Å². The Morgan fingerprint density at radius 1 is 1.16 bits per heavy atom. The summed E-state index contributed by atoms with van der Waals surface area (Å²) in [5.41, 5.74) is -2.49. The van der Waals surface area contributed by atoms with Crippen molar-refractivity contribution in [2.75, 3.05) is 25.1 Å². The molecule has 1 saturated carbocycles. The molecule has 242 valence electrons. The molecule has 3 N–H and O–H groups in total. The van der Waals surface area contributed by atoms with Gasteiger partial charge in [0.2, 0.25) is 0 Å². The number of rotatable bonds is 12. The molecule has 0 atom stereocenters. The zero-order valence-electron chi connectivity index (χ0n) is 25.5. The Hall–Kier alpha value is -2.81. The van der Waals surface area contributed by atoms with Crippen LogP contribution in [0.25, 0.3) is 11.0 Å². The van der Waals surface area contributed by atoms with Crippen LogP contribution in [0.1, 0.15) is 38.7 Å². The zero-order valence-corrected chi connectivity index (χ0v) is 27.3. The molecule has 0 amide bonds. The van der Waals surface area contributed by atoms with Gasteiger partial charge in [0.1, 0.15) is 18.1 Å². The van der Waals surface area contributed by atoms with E-state index in [9.17, 15) is 18.3 Å². The first kappa shape index (κ1) is 34.1. The van der Waals surface area contributed by atoms with E-state index in [1.807, 2.05) is 13.8 Å². The van der Waals surface area contributed by atoms with E-state index in [1.54, 1.807) is 0 Å². The van der Waals surface area contributed by atoms with Crippen molar-refractivity contribution in [3.63, 3.8) is 0 Å². The highest BCUT2D eigenvalue weighted by Crippen LogP contribution is 2.57.